The van der Waals surface area contributed by atoms with Gasteiger partial charge in [-0.1, -0.05) is 12.1 Å². The summed E-state index contributed by atoms with van der Waals surface area (Å²) < 4.78 is 13.5. The minimum absolute atomic E-state index is 0.0746. The molecular weight excluding hydrogens is 337 g/mol. The molecule has 26 heavy (non-hydrogen) atoms. The van der Waals surface area contributed by atoms with Crippen LogP contribution in [0.5, 0.6) is 0 Å². The van der Waals surface area contributed by atoms with Gasteiger partial charge in [0.2, 0.25) is 5.91 Å². The normalized spacial score (nSPS) is 14.0. The van der Waals surface area contributed by atoms with Crippen molar-refractivity contribution in [1.29, 1.82) is 0 Å². The standard InChI is InChI=1S/C19H18FN3O3/c20-16-6-2-1-5-15(16)19(26)22-21-18(25)13-8-10-14(11-9-13)23-12-4-3-7-17(23)24/h1-2,5-6,8-11H,3-4,7,12H2,(H,21,25)(H,22,26). The fourth-order valence-corrected chi connectivity index (χ4v) is 2.77. The molecule has 0 saturated carbocycles. The molecule has 134 valence electrons. The molecule has 3 amide bonds. The molecule has 2 aromatic rings. The van der Waals surface area contributed by atoms with Crippen molar-refractivity contribution >= 4 is 23.4 Å². The summed E-state index contributed by atoms with van der Waals surface area (Å²) in [6.07, 6.45) is 2.39. The molecule has 1 heterocycles. The number of nitrogens with zero attached hydrogens (tertiary/aromatic N) is 1. The topological polar surface area (TPSA) is 78.5 Å². The second-order valence-electron chi connectivity index (χ2n) is 5.94. The first-order valence-electron chi connectivity index (χ1n) is 8.32. The average molecular weight is 355 g/mol. The Morgan fingerprint density at radius 2 is 1.62 bits per heavy atom. The second kappa shape index (κ2) is 7.77. The Kier molecular flexibility index (Phi) is 5.26. The number of hydrogen-bond donors (Lipinski definition) is 2. The van der Waals surface area contributed by atoms with Crippen LogP contribution in [-0.2, 0) is 4.79 Å². The van der Waals surface area contributed by atoms with Crippen LogP contribution in [-0.4, -0.2) is 24.3 Å². The van der Waals surface area contributed by atoms with Crippen molar-refractivity contribution in [2.24, 2.45) is 0 Å². The van der Waals surface area contributed by atoms with Crippen LogP contribution >= 0.6 is 0 Å². The van der Waals surface area contributed by atoms with E-state index in [2.05, 4.69) is 10.9 Å². The molecule has 6 nitrogen and oxygen atoms in total. The zero-order valence-electron chi connectivity index (χ0n) is 14.0. The zero-order valence-corrected chi connectivity index (χ0v) is 14.0. The number of anilines is 1. The minimum Gasteiger partial charge on any atom is -0.312 e. The van der Waals surface area contributed by atoms with Gasteiger partial charge in [-0.15, -0.1) is 0 Å². The predicted octanol–water partition coefficient (Wildman–Crippen LogP) is 2.42. The van der Waals surface area contributed by atoms with Crippen molar-refractivity contribution in [2.75, 3.05) is 11.4 Å². The van der Waals surface area contributed by atoms with Gasteiger partial charge in [0.1, 0.15) is 5.82 Å². The number of halogens is 1. The molecule has 0 spiro atoms. The molecule has 0 unspecified atom stereocenters. The van der Waals surface area contributed by atoms with Crippen LogP contribution in [0.2, 0.25) is 0 Å². The highest BCUT2D eigenvalue weighted by Crippen LogP contribution is 2.21. The number of piperidine rings is 1. The van der Waals surface area contributed by atoms with Crippen molar-refractivity contribution in [3.05, 3.63) is 65.5 Å². The number of nitrogens with one attached hydrogen (secondary N) is 2. The highest BCUT2D eigenvalue weighted by molar-refractivity contribution is 6.00. The highest BCUT2D eigenvalue weighted by atomic mass is 19.1. The molecule has 1 aliphatic rings. The first kappa shape index (κ1) is 17.6. The Balaban J connectivity index is 1.61. The van der Waals surface area contributed by atoms with E-state index in [1.165, 1.54) is 18.2 Å². The lowest BCUT2D eigenvalue weighted by Crippen LogP contribution is -2.42. The van der Waals surface area contributed by atoms with Crippen LogP contribution in [0.1, 0.15) is 40.0 Å². The molecule has 2 N–H and O–H groups in total. The maximum absolute atomic E-state index is 13.5. The number of hydrazine groups is 1. The maximum Gasteiger partial charge on any atom is 0.272 e. The number of amides is 3. The molecule has 2 aromatic carbocycles. The van der Waals surface area contributed by atoms with Gasteiger partial charge in [0, 0.05) is 24.2 Å². The summed E-state index contributed by atoms with van der Waals surface area (Å²) in [7, 11) is 0. The van der Waals surface area contributed by atoms with Crippen LogP contribution in [0, 0.1) is 5.82 Å². The summed E-state index contributed by atoms with van der Waals surface area (Å²) in [6.45, 7) is 0.670. The number of rotatable bonds is 3. The lowest BCUT2D eigenvalue weighted by molar-refractivity contribution is -0.119. The van der Waals surface area contributed by atoms with Crippen LogP contribution < -0.4 is 15.8 Å². The zero-order chi connectivity index (χ0) is 18.5. The molecule has 1 aliphatic heterocycles. The monoisotopic (exact) mass is 355 g/mol. The molecule has 0 aliphatic carbocycles. The molecule has 0 atom stereocenters. The van der Waals surface area contributed by atoms with E-state index < -0.39 is 17.6 Å². The van der Waals surface area contributed by atoms with Gasteiger partial charge in [-0.05, 0) is 49.2 Å². The third-order valence-electron chi connectivity index (χ3n) is 4.17. The molecule has 0 aromatic heterocycles. The van der Waals surface area contributed by atoms with E-state index in [4.69, 9.17) is 0 Å². The van der Waals surface area contributed by atoms with Crippen LogP contribution in [0.15, 0.2) is 48.5 Å². The van der Waals surface area contributed by atoms with Crippen molar-refractivity contribution in [3.63, 3.8) is 0 Å². The summed E-state index contributed by atoms with van der Waals surface area (Å²) >= 11 is 0. The van der Waals surface area contributed by atoms with Crippen LogP contribution in [0.25, 0.3) is 0 Å². The molecule has 3 rings (SSSR count). The van der Waals surface area contributed by atoms with Gasteiger partial charge in [-0.3, -0.25) is 25.2 Å². The van der Waals surface area contributed by atoms with E-state index in [-0.39, 0.29) is 11.5 Å². The number of benzene rings is 2. The predicted molar refractivity (Wildman–Crippen MR) is 94.0 cm³/mol. The fraction of sp³-hybridized carbons (Fsp3) is 0.211. The lowest BCUT2D eigenvalue weighted by Gasteiger charge is -2.26. The summed E-state index contributed by atoms with van der Waals surface area (Å²) in [4.78, 5) is 37.6. The Morgan fingerprint density at radius 1 is 0.923 bits per heavy atom. The fourth-order valence-electron chi connectivity index (χ4n) is 2.77. The first-order valence-corrected chi connectivity index (χ1v) is 8.32. The van der Waals surface area contributed by atoms with Gasteiger partial charge in [0.25, 0.3) is 11.8 Å². The number of hydrogen-bond acceptors (Lipinski definition) is 3. The summed E-state index contributed by atoms with van der Waals surface area (Å²) in [5, 5.41) is 0. The van der Waals surface area contributed by atoms with E-state index in [0.29, 0.717) is 18.5 Å². The summed E-state index contributed by atoms with van der Waals surface area (Å²) in [5.74, 6) is -1.88. The quantitative estimate of drug-likeness (QED) is 0.830. The van der Waals surface area contributed by atoms with E-state index in [1.807, 2.05) is 0 Å². The van der Waals surface area contributed by atoms with E-state index in [0.717, 1.165) is 24.6 Å². The SMILES string of the molecule is O=C(NNC(=O)c1ccccc1F)c1ccc(N2CCCCC2=O)cc1. The molecule has 7 heteroatoms. The van der Waals surface area contributed by atoms with Gasteiger partial charge in [0.15, 0.2) is 0 Å². The summed E-state index contributed by atoms with van der Waals surface area (Å²) in [6, 6.07) is 12.0. The van der Waals surface area contributed by atoms with Crippen molar-refractivity contribution in [3.8, 4) is 0 Å². The average Bonchev–Trinajstić information content (AvgIpc) is 2.67. The molecule has 1 fully saturated rings. The first-order chi connectivity index (χ1) is 12.6. The molecule has 1 saturated heterocycles. The smallest absolute Gasteiger partial charge is 0.272 e. The summed E-state index contributed by atoms with van der Waals surface area (Å²) in [5.41, 5.74) is 5.32. The Bertz CT molecular complexity index is 836. The minimum atomic E-state index is -0.744. The van der Waals surface area contributed by atoms with Crippen LogP contribution in [0.4, 0.5) is 10.1 Å². The van der Waals surface area contributed by atoms with E-state index in [1.54, 1.807) is 29.2 Å². The largest absolute Gasteiger partial charge is 0.312 e. The van der Waals surface area contributed by atoms with Gasteiger partial charge < -0.3 is 4.90 Å². The third-order valence-corrected chi connectivity index (χ3v) is 4.17. The molecule has 0 radical (unpaired) electrons. The van der Waals surface area contributed by atoms with Crippen molar-refractivity contribution in [2.45, 2.75) is 19.3 Å². The van der Waals surface area contributed by atoms with Gasteiger partial charge in [-0.25, -0.2) is 4.39 Å². The van der Waals surface area contributed by atoms with Crippen LogP contribution in [0.3, 0.4) is 0 Å². The van der Waals surface area contributed by atoms with Gasteiger partial charge in [-0.2, -0.15) is 0 Å². The Hall–Kier alpha value is -3.22. The van der Waals surface area contributed by atoms with Gasteiger partial charge >= 0.3 is 0 Å². The number of carbonyl (C=O) groups excluding carboxylic acids is 3. The Morgan fingerprint density at radius 3 is 2.31 bits per heavy atom. The Labute approximate surface area is 150 Å². The van der Waals surface area contributed by atoms with E-state index >= 15 is 0 Å². The third kappa shape index (κ3) is 3.88. The molecular formula is C19H18FN3O3. The molecule has 0 bridgehead atoms. The van der Waals surface area contributed by atoms with E-state index in [9.17, 15) is 18.8 Å². The maximum atomic E-state index is 13.5. The lowest BCUT2D eigenvalue weighted by atomic mass is 10.1. The van der Waals surface area contributed by atoms with Gasteiger partial charge in [0.05, 0.1) is 5.56 Å². The number of carbonyl (C=O) groups is 3. The second-order valence-corrected chi connectivity index (χ2v) is 5.94. The van der Waals surface area contributed by atoms with Crippen molar-refractivity contribution in [1.82, 2.24) is 10.9 Å². The highest BCUT2D eigenvalue weighted by Gasteiger charge is 2.20. The van der Waals surface area contributed by atoms with Crippen molar-refractivity contribution < 1.29 is 18.8 Å².